The van der Waals surface area contributed by atoms with Gasteiger partial charge in [0.2, 0.25) is 0 Å². The highest BCUT2D eigenvalue weighted by atomic mass is 16.5. The standard InChI is InChI=1S/C20H22N2O3/c1-12(2)13-5-7-14(8-6-13)22-20(23)16-11-21-17-10-19(25-4)18(24-3)9-15(16)17/h5-12,21H,1-4H3,(H,22,23). The van der Waals surface area contributed by atoms with Crippen LogP contribution in [0.4, 0.5) is 5.69 Å². The molecule has 5 nitrogen and oxygen atoms in total. The van der Waals surface area contributed by atoms with Gasteiger partial charge in [0.05, 0.1) is 25.3 Å². The van der Waals surface area contributed by atoms with Crippen molar-refractivity contribution in [2.24, 2.45) is 0 Å². The maximum absolute atomic E-state index is 12.7. The average Bonchev–Trinajstić information content (AvgIpc) is 3.03. The summed E-state index contributed by atoms with van der Waals surface area (Å²) >= 11 is 0. The Kier molecular flexibility index (Phi) is 4.65. The smallest absolute Gasteiger partial charge is 0.257 e. The van der Waals surface area contributed by atoms with Gasteiger partial charge in [-0.25, -0.2) is 0 Å². The van der Waals surface area contributed by atoms with E-state index in [0.29, 0.717) is 23.0 Å². The zero-order valence-corrected chi connectivity index (χ0v) is 14.8. The van der Waals surface area contributed by atoms with Gasteiger partial charge in [-0.2, -0.15) is 0 Å². The monoisotopic (exact) mass is 338 g/mol. The van der Waals surface area contributed by atoms with Gasteiger partial charge in [-0.1, -0.05) is 26.0 Å². The number of carbonyl (C=O) groups is 1. The molecule has 0 radical (unpaired) electrons. The number of aromatic amines is 1. The van der Waals surface area contributed by atoms with Crippen LogP contribution in [-0.4, -0.2) is 25.1 Å². The normalized spacial score (nSPS) is 10.9. The first-order valence-corrected chi connectivity index (χ1v) is 8.18. The average molecular weight is 338 g/mol. The molecule has 3 aromatic rings. The van der Waals surface area contributed by atoms with Gasteiger partial charge in [-0.15, -0.1) is 0 Å². The molecule has 2 aromatic carbocycles. The van der Waals surface area contributed by atoms with Crippen LogP contribution in [-0.2, 0) is 0 Å². The van der Waals surface area contributed by atoms with Crippen molar-refractivity contribution in [3.05, 3.63) is 53.7 Å². The van der Waals surface area contributed by atoms with E-state index in [0.717, 1.165) is 16.6 Å². The summed E-state index contributed by atoms with van der Waals surface area (Å²) in [6.07, 6.45) is 1.70. The molecule has 1 heterocycles. The largest absolute Gasteiger partial charge is 0.493 e. The fraction of sp³-hybridized carbons (Fsp3) is 0.250. The molecule has 0 bridgehead atoms. The van der Waals surface area contributed by atoms with Crippen molar-refractivity contribution in [3.63, 3.8) is 0 Å². The van der Waals surface area contributed by atoms with E-state index in [9.17, 15) is 4.79 Å². The van der Waals surface area contributed by atoms with Gasteiger partial charge in [-0.05, 0) is 29.7 Å². The summed E-state index contributed by atoms with van der Waals surface area (Å²) in [6.45, 7) is 4.28. The first-order chi connectivity index (χ1) is 12.0. The first-order valence-electron chi connectivity index (χ1n) is 8.18. The maximum Gasteiger partial charge on any atom is 0.257 e. The molecule has 0 aliphatic heterocycles. The number of nitrogens with one attached hydrogen (secondary N) is 2. The second-order valence-corrected chi connectivity index (χ2v) is 6.19. The van der Waals surface area contributed by atoms with Gasteiger partial charge in [0.1, 0.15) is 0 Å². The summed E-state index contributed by atoms with van der Waals surface area (Å²) in [5, 5.41) is 3.72. The second-order valence-electron chi connectivity index (χ2n) is 6.19. The molecule has 25 heavy (non-hydrogen) atoms. The minimum atomic E-state index is -0.171. The summed E-state index contributed by atoms with van der Waals surface area (Å²) < 4.78 is 10.6. The predicted octanol–water partition coefficient (Wildman–Crippen LogP) is 4.56. The van der Waals surface area contributed by atoms with Gasteiger partial charge in [0.25, 0.3) is 5.91 Å². The first kappa shape index (κ1) is 16.9. The number of carbonyl (C=O) groups excluding carboxylic acids is 1. The molecular formula is C20H22N2O3. The minimum Gasteiger partial charge on any atom is -0.493 e. The fourth-order valence-electron chi connectivity index (χ4n) is 2.79. The number of aromatic nitrogens is 1. The maximum atomic E-state index is 12.7. The van der Waals surface area contributed by atoms with Crippen molar-refractivity contribution in [1.29, 1.82) is 0 Å². The van der Waals surface area contributed by atoms with Crippen LogP contribution < -0.4 is 14.8 Å². The van der Waals surface area contributed by atoms with E-state index in [1.165, 1.54) is 5.56 Å². The Hall–Kier alpha value is -2.95. The lowest BCUT2D eigenvalue weighted by atomic mass is 10.0. The van der Waals surface area contributed by atoms with Crippen LogP contribution in [0, 0.1) is 0 Å². The molecule has 130 valence electrons. The van der Waals surface area contributed by atoms with Crippen molar-refractivity contribution in [2.45, 2.75) is 19.8 Å². The zero-order chi connectivity index (χ0) is 18.0. The van der Waals surface area contributed by atoms with Gasteiger partial charge in [0.15, 0.2) is 11.5 Å². The Labute approximate surface area is 147 Å². The molecular weight excluding hydrogens is 316 g/mol. The Morgan fingerprint density at radius 3 is 2.28 bits per heavy atom. The topological polar surface area (TPSA) is 63.4 Å². The number of methoxy groups -OCH3 is 2. The lowest BCUT2D eigenvalue weighted by Crippen LogP contribution is -2.11. The van der Waals surface area contributed by atoms with Crippen LogP contribution in [0.3, 0.4) is 0 Å². The van der Waals surface area contributed by atoms with Crippen molar-refractivity contribution in [1.82, 2.24) is 4.98 Å². The molecule has 0 saturated carbocycles. The summed E-state index contributed by atoms with van der Waals surface area (Å²) in [6, 6.07) is 11.5. The third-order valence-corrected chi connectivity index (χ3v) is 4.27. The van der Waals surface area contributed by atoms with E-state index >= 15 is 0 Å². The molecule has 0 fully saturated rings. The second kappa shape index (κ2) is 6.89. The van der Waals surface area contributed by atoms with E-state index in [1.807, 2.05) is 30.3 Å². The molecule has 1 amide bonds. The highest BCUT2D eigenvalue weighted by molar-refractivity contribution is 6.13. The van der Waals surface area contributed by atoms with E-state index in [4.69, 9.17) is 9.47 Å². The van der Waals surface area contributed by atoms with Crippen LogP contribution in [0.15, 0.2) is 42.6 Å². The highest BCUT2D eigenvalue weighted by Crippen LogP contribution is 2.33. The van der Waals surface area contributed by atoms with Crippen LogP contribution >= 0.6 is 0 Å². The number of H-pyrrole nitrogens is 1. The molecule has 3 rings (SSSR count). The highest BCUT2D eigenvalue weighted by Gasteiger charge is 2.15. The Morgan fingerprint density at radius 2 is 1.68 bits per heavy atom. The zero-order valence-electron chi connectivity index (χ0n) is 14.8. The Balaban J connectivity index is 1.89. The Morgan fingerprint density at radius 1 is 1.04 bits per heavy atom. The minimum absolute atomic E-state index is 0.171. The lowest BCUT2D eigenvalue weighted by molar-refractivity contribution is 0.102. The number of hydrogen-bond acceptors (Lipinski definition) is 3. The lowest BCUT2D eigenvalue weighted by Gasteiger charge is -2.09. The molecule has 0 atom stereocenters. The number of amides is 1. The summed E-state index contributed by atoms with van der Waals surface area (Å²) in [7, 11) is 3.16. The van der Waals surface area contributed by atoms with Gasteiger partial charge in [0, 0.05) is 23.3 Å². The third-order valence-electron chi connectivity index (χ3n) is 4.27. The number of fused-ring (bicyclic) bond motifs is 1. The molecule has 0 aliphatic carbocycles. The summed E-state index contributed by atoms with van der Waals surface area (Å²) in [5.41, 5.74) is 3.38. The molecule has 0 spiro atoms. The van der Waals surface area contributed by atoms with Crippen LogP contribution in [0.2, 0.25) is 0 Å². The molecule has 5 heteroatoms. The van der Waals surface area contributed by atoms with E-state index in [-0.39, 0.29) is 5.91 Å². The molecule has 2 N–H and O–H groups in total. The van der Waals surface area contributed by atoms with E-state index < -0.39 is 0 Å². The summed E-state index contributed by atoms with van der Waals surface area (Å²) in [4.78, 5) is 15.8. The van der Waals surface area contributed by atoms with Crippen LogP contribution in [0.25, 0.3) is 10.9 Å². The van der Waals surface area contributed by atoms with E-state index in [2.05, 4.69) is 24.1 Å². The molecule has 0 saturated heterocycles. The number of anilines is 1. The van der Waals surface area contributed by atoms with Crippen LogP contribution in [0.5, 0.6) is 11.5 Å². The molecule has 0 unspecified atom stereocenters. The van der Waals surface area contributed by atoms with Gasteiger partial charge < -0.3 is 19.8 Å². The van der Waals surface area contributed by atoms with Crippen molar-refractivity contribution < 1.29 is 14.3 Å². The van der Waals surface area contributed by atoms with Crippen molar-refractivity contribution in [3.8, 4) is 11.5 Å². The number of ether oxygens (including phenoxy) is 2. The van der Waals surface area contributed by atoms with Crippen molar-refractivity contribution >= 4 is 22.5 Å². The van der Waals surface area contributed by atoms with Crippen LogP contribution in [0.1, 0.15) is 35.7 Å². The van der Waals surface area contributed by atoms with Gasteiger partial charge in [-0.3, -0.25) is 4.79 Å². The number of rotatable bonds is 5. The third kappa shape index (κ3) is 3.31. The van der Waals surface area contributed by atoms with Crippen molar-refractivity contribution in [2.75, 3.05) is 19.5 Å². The summed E-state index contributed by atoms with van der Waals surface area (Å²) in [5.74, 6) is 1.49. The number of benzene rings is 2. The quantitative estimate of drug-likeness (QED) is 0.717. The van der Waals surface area contributed by atoms with Gasteiger partial charge >= 0.3 is 0 Å². The SMILES string of the molecule is COc1cc2[nH]cc(C(=O)Nc3ccc(C(C)C)cc3)c2cc1OC. The molecule has 1 aromatic heterocycles. The fourth-order valence-corrected chi connectivity index (χ4v) is 2.79. The van der Waals surface area contributed by atoms with E-state index in [1.54, 1.807) is 26.5 Å². The Bertz CT molecular complexity index is 895. The number of hydrogen-bond donors (Lipinski definition) is 2. The molecule has 0 aliphatic rings. The predicted molar refractivity (Wildman–Crippen MR) is 99.9 cm³/mol.